The van der Waals surface area contributed by atoms with Crippen LogP contribution in [0.5, 0.6) is 11.5 Å². The quantitative estimate of drug-likeness (QED) is 0.891. The van der Waals surface area contributed by atoms with Gasteiger partial charge in [0, 0.05) is 5.56 Å². The molecule has 0 bridgehead atoms. The van der Waals surface area contributed by atoms with Gasteiger partial charge in [0.05, 0.1) is 17.0 Å². The Morgan fingerprint density at radius 3 is 2.47 bits per heavy atom. The number of aliphatic carboxylic acids is 1. The van der Waals surface area contributed by atoms with E-state index in [1.165, 1.54) is 7.11 Å². The maximum atomic E-state index is 11.7. The van der Waals surface area contributed by atoms with E-state index in [2.05, 4.69) is 15.9 Å². The van der Waals surface area contributed by atoms with Crippen LogP contribution >= 0.6 is 15.9 Å². The molecular formula is C14H17BrO4. The van der Waals surface area contributed by atoms with Crippen molar-refractivity contribution in [3.05, 3.63) is 22.2 Å². The standard InChI is InChI=1S/C14H17BrO4/c1-19-12-10(15)6-5-9(11(12)16)14(13(17)18)7-3-2-4-8-14/h5-6,16H,2-4,7-8H2,1H3,(H,17,18). The van der Waals surface area contributed by atoms with Crippen LogP contribution in [0.25, 0.3) is 0 Å². The lowest BCUT2D eigenvalue weighted by atomic mass is 9.69. The van der Waals surface area contributed by atoms with E-state index in [-0.39, 0.29) is 5.75 Å². The Bertz CT molecular complexity index is 492. The molecule has 1 aliphatic rings. The number of rotatable bonds is 3. The highest BCUT2D eigenvalue weighted by atomic mass is 79.9. The highest BCUT2D eigenvalue weighted by Gasteiger charge is 2.43. The number of benzene rings is 1. The number of phenols is 1. The van der Waals surface area contributed by atoms with Gasteiger partial charge in [-0.05, 0) is 34.8 Å². The number of halogens is 1. The summed E-state index contributed by atoms with van der Waals surface area (Å²) in [4.78, 5) is 11.7. The molecule has 0 saturated heterocycles. The van der Waals surface area contributed by atoms with Crippen LogP contribution < -0.4 is 4.74 Å². The van der Waals surface area contributed by atoms with Crippen molar-refractivity contribution in [1.82, 2.24) is 0 Å². The minimum absolute atomic E-state index is 0.0684. The molecule has 19 heavy (non-hydrogen) atoms. The predicted molar refractivity (Wildman–Crippen MR) is 74.8 cm³/mol. The lowest BCUT2D eigenvalue weighted by molar-refractivity contribution is -0.145. The van der Waals surface area contributed by atoms with Gasteiger partial charge in [-0.2, -0.15) is 0 Å². The summed E-state index contributed by atoms with van der Waals surface area (Å²) in [7, 11) is 1.46. The fraction of sp³-hybridized carbons (Fsp3) is 0.500. The third-order valence-electron chi connectivity index (χ3n) is 3.92. The number of carboxylic acid groups (broad SMARTS) is 1. The molecule has 2 rings (SSSR count). The van der Waals surface area contributed by atoms with Gasteiger partial charge >= 0.3 is 5.97 Å². The zero-order valence-corrected chi connectivity index (χ0v) is 12.4. The van der Waals surface area contributed by atoms with Gasteiger partial charge in [-0.1, -0.05) is 25.3 Å². The lowest BCUT2D eigenvalue weighted by Crippen LogP contribution is -2.37. The second kappa shape index (κ2) is 5.41. The molecule has 0 spiro atoms. The monoisotopic (exact) mass is 328 g/mol. The number of methoxy groups -OCH3 is 1. The van der Waals surface area contributed by atoms with E-state index in [9.17, 15) is 15.0 Å². The average Bonchev–Trinajstić information content (AvgIpc) is 2.40. The molecule has 0 radical (unpaired) electrons. The Morgan fingerprint density at radius 1 is 1.32 bits per heavy atom. The van der Waals surface area contributed by atoms with E-state index in [4.69, 9.17) is 4.74 Å². The first-order chi connectivity index (χ1) is 9.03. The van der Waals surface area contributed by atoms with Gasteiger partial charge in [-0.25, -0.2) is 0 Å². The van der Waals surface area contributed by atoms with Crippen molar-refractivity contribution in [3.63, 3.8) is 0 Å². The summed E-state index contributed by atoms with van der Waals surface area (Å²) in [5.74, 6) is -0.642. The number of ether oxygens (including phenoxy) is 1. The molecule has 104 valence electrons. The largest absolute Gasteiger partial charge is 0.504 e. The zero-order chi connectivity index (χ0) is 14.0. The molecule has 1 saturated carbocycles. The van der Waals surface area contributed by atoms with Crippen LogP contribution in [0.2, 0.25) is 0 Å². The van der Waals surface area contributed by atoms with Crippen molar-refractivity contribution in [2.24, 2.45) is 0 Å². The van der Waals surface area contributed by atoms with Gasteiger partial charge in [0.15, 0.2) is 11.5 Å². The highest BCUT2D eigenvalue weighted by molar-refractivity contribution is 9.10. The number of aromatic hydroxyl groups is 1. The van der Waals surface area contributed by atoms with E-state index >= 15 is 0 Å². The topological polar surface area (TPSA) is 66.8 Å². The molecule has 2 N–H and O–H groups in total. The third kappa shape index (κ3) is 2.31. The first-order valence-electron chi connectivity index (χ1n) is 6.32. The van der Waals surface area contributed by atoms with E-state index in [1.807, 2.05) is 0 Å². The minimum Gasteiger partial charge on any atom is -0.504 e. The molecule has 0 atom stereocenters. The fourth-order valence-electron chi connectivity index (χ4n) is 2.88. The van der Waals surface area contributed by atoms with Crippen LogP contribution in [0.3, 0.4) is 0 Å². The van der Waals surface area contributed by atoms with Crippen LogP contribution in [0.1, 0.15) is 37.7 Å². The van der Waals surface area contributed by atoms with E-state index in [0.29, 0.717) is 28.6 Å². The predicted octanol–water partition coefficient (Wildman–Crippen LogP) is 3.45. The molecule has 0 unspecified atom stereocenters. The second-order valence-electron chi connectivity index (χ2n) is 4.92. The van der Waals surface area contributed by atoms with Crippen LogP contribution in [-0.2, 0) is 10.2 Å². The third-order valence-corrected chi connectivity index (χ3v) is 4.54. The van der Waals surface area contributed by atoms with Crippen molar-refractivity contribution >= 4 is 21.9 Å². The molecule has 5 heteroatoms. The van der Waals surface area contributed by atoms with Gasteiger partial charge < -0.3 is 14.9 Å². The van der Waals surface area contributed by atoms with Crippen LogP contribution in [0.4, 0.5) is 0 Å². The van der Waals surface area contributed by atoms with Crippen molar-refractivity contribution in [3.8, 4) is 11.5 Å². The Hall–Kier alpha value is -1.23. The van der Waals surface area contributed by atoms with Crippen molar-refractivity contribution in [1.29, 1.82) is 0 Å². The van der Waals surface area contributed by atoms with Crippen LogP contribution in [-0.4, -0.2) is 23.3 Å². The van der Waals surface area contributed by atoms with Crippen LogP contribution in [0.15, 0.2) is 16.6 Å². The van der Waals surface area contributed by atoms with E-state index < -0.39 is 11.4 Å². The lowest BCUT2D eigenvalue weighted by Gasteiger charge is -2.34. The second-order valence-corrected chi connectivity index (χ2v) is 5.78. The number of hydrogen-bond acceptors (Lipinski definition) is 3. The Morgan fingerprint density at radius 2 is 1.95 bits per heavy atom. The van der Waals surface area contributed by atoms with Crippen molar-refractivity contribution in [2.45, 2.75) is 37.5 Å². The summed E-state index contributed by atoms with van der Waals surface area (Å²) >= 11 is 3.29. The molecule has 1 fully saturated rings. The van der Waals surface area contributed by atoms with Gasteiger partial charge in [-0.3, -0.25) is 4.79 Å². The first kappa shape index (κ1) is 14.2. The molecule has 1 aromatic carbocycles. The Balaban J connectivity index is 2.57. The maximum absolute atomic E-state index is 11.7. The highest BCUT2D eigenvalue weighted by Crippen LogP contribution is 2.48. The zero-order valence-electron chi connectivity index (χ0n) is 10.8. The summed E-state index contributed by atoms with van der Waals surface area (Å²) in [5, 5.41) is 20.0. The summed E-state index contributed by atoms with van der Waals surface area (Å²) in [6, 6.07) is 3.41. The number of phenolic OH excluding ortho intramolecular Hbond substituents is 1. The molecular weight excluding hydrogens is 312 g/mol. The van der Waals surface area contributed by atoms with Gasteiger partial charge in [-0.15, -0.1) is 0 Å². The Labute approximate surface area is 120 Å². The molecule has 1 aromatic rings. The Kier molecular flexibility index (Phi) is 4.04. The number of hydrogen-bond donors (Lipinski definition) is 2. The molecule has 0 heterocycles. The van der Waals surface area contributed by atoms with E-state index in [0.717, 1.165) is 19.3 Å². The van der Waals surface area contributed by atoms with Gasteiger partial charge in [0.25, 0.3) is 0 Å². The molecule has 4 nitrogen and oxygen atoms in total. The van der Waals surface area contributed by atoms with Crippen LogP contribution in [0, 0.1) is 0 Å². The molecule has 0 amide bonds. The summed E-state index contributed by atoms with van der Waals surface area (Å²) in [6.45, 7) is 0. The summed E-state index contributed by atoms with van der Waals surface area (Å²) in [6.07, 6.45) is 3.89. The van der Waals surface area contributed by atoms with Crippen molar-refractivity contribution < 1.29 is 19.7 Å². The summed E-state index contributed by atoms with van der Waals surface area (Å²) < 4.78 is 5.76. The number of carbonyl (C=O) groups is 1. The molecule has 1 aliphatic carbocycles. The SMILES string of the molecule is COc1c(Br)ccc(C2(C(=O)O)CCCCC2)c1O. The maximum Gasteiger partial charge on any atom is 0.314 e. The van der Waals surface area contributed by atoms with Gasteiger partial charge in [0.2, 0.25) is 0 Å². The normalized spacial score (nSPS) is 18.0. The smallest absolute Gasteiger partial charge is 0.314 e. The molecule has 0 aliphatic heterocycles. The minimum atomic E-state index is -0.990. The van der Waals surface area contributed by atoms with E-state index in [1.54, 1.807) is 12.1 Å². The van der Waals surface area contributed by atoms with Gasteiger partial charge in [0.1, 0.15) is 0 Å². The number of carboxylic acids is 1. The molecule has 0 aromatic heterocycles. The van der Waals surface area contributed by atoms with Crippen molar-refractivity contribution in [2.75, 3.05) is 7.11 Å². The average molecular weight is 329 g/mol. The first-order valence-corrected chi connectivity index (χ1v) is 7.11. The summed E-state index contributed by atoms with van der Waals surface area (Å²) in [5.41, 5.74) is -0.532. The fourth-order valence-corrected chi connectivity index (χ4v) is 3.36.